The Labute approximate surface area is 180 Å². The largest absolute Gasteiger partial charge is 0.467 e. The van der Waals surface area contributed by atoms with E-state index in [4.69, 9.17) is 9.47 Å². The number of hydrogen-bond donors (Lipinski definition) is 1. The fourth-order valence-electron chi connectivity index (χ4n) is 4.28. The van der Waals surface area contributed by atoms with Gasteiger partial charge in [0.25, 0.3) is 0 Å². The van der Waals surface area contributed by atoms with Gasteiger partial charge in [0, 0.05) is 49.5 Å². The number of nitrogens with zero attached hydrogens (tertiary/aromatic N) is 5. The van der Waals surface area contributed by atoms with Gasteiger partial charge in [-0.1, -0.05) is 6.07 Å². The van der Waals surface area contributed by atoms with E-state index in [1.807, 2.05) is 18.5 Å². The third-order valence-corrected chi connectivity index (χ3v) is 5.95. The van der Waals surface area contributed by atoms with Crippen LogP contribution in [0.25, 0.3) is 5.69 Å². The maximum atomic E-state index is 11.8. The summed E-state index contributed by atoms with van der Waals surface area (Å²) in [5, 5.41) is 8.07. The Hall–Kier alpha value is -3.30. The maximum Gasteiger partial charge on any atom is 0.338 e. The van der Waals surface area contributed by atoms with Crippen LogP contribution in [0.3, 0.4) is 0 Å². The van der Waals surface area contributed by atoms with E-state index in [9.17, 15) is 4.79 Å². The standard InChI is InChI=1S/C22H24N6O3/c1-14-17(3-4-18-19(14)13-31-21(18)29)20-12-27(6-5-23-20)10-15-7-26-28(11-15)16-8-24-22(30-2)25-9-16/h3-4,7-9,11,20,23H,5-6,10,12-13H2,1-2H3/t20-/m0/s1. The number of carbonyl (C=O) groups is 1. The second-order valence-corrected chi connectivity index (χ2v) is 7.84. The minimum atomic E-state index is -0.220. The number of piperazine rings is 1. The van der Waals surface area contributed by atoms with Crippen LogP contribution < -0.4 is 10.1 Å². The topological polar surface area (TPSA) is 94.4 Å². The molecule has 0 unspecified atom stereocenters. The van der Waals surface area contributed by atoms with Gasteiger partial charge >= 0.3 is 12.0 Å². The zero-order valence-corrected chi connectivity index (χ0v) is 17.5. The summed E-state index contributed by atoms with van der Waals surface area (Å²) in [6.45, 7) is 6.00. The number of ether oxygens (including phenoxy) is 2. The molecule has 2 aliphatic rings. The molecule has 0 saturated carbocycles. The Bertz CT molecular complexity index is 1110. The maximum absolute atomic E-state index is 11.8. The van der Waals surface area contributed by atoms with Crippen molar-refractivity contribution in [3.63, 3.8) is 0 Å². The molecule has 1 aromatic carbocycles. The van der Waals surface area contributed by atoms with Gasteiger partial charge in [0.05, 0.1) is 31.3 Å². The molecule has 9 nitrogen and oxygen atoms in total. The zero-order chi connectivity index (χ0) is 21.4. The van der Waals surface area contributed by atoms with Crippen LogP contribution in [0.5, 0.6) is 6.01 Å². The predicted octanol–water partition coefficient (Wildman–Crippen LogP) is 1.80. The van der Waals surface area contributed by atoms with Crippen LogP contribution in [0, 0.1) is 6.92 Å². The molecule has 1 saturated heterocycles. The highest BCUT2D eigenvalue weighted by Crippen LogP contribution is 2.30. The monoisotopic (exact) mass is 420 g/mol. The van der Waals surface area contributed by atoms with Crippen molar-refractivity contribution in [2.24, 2.45) is 0 Å². The van der Waals surface area contributed by atoms with E-state index in [0.29, 0.717) is 18.2 Å². The summed E-state index contributed by atoms with van der Waals surface area (Å²) < 4.78 is 12.0. The first-order valence-electron chi connectivity index (χ1n) is 10.3. The van der Waals surface area contributed by atoms with E-state index in [1.165, 1.54) is 5.56 Å². The minimum Gasteiger partial charge on any atom is -0.467 e. The highest BCUT2D eigenvalue weighted by atomic mass is 16.5. The Morgan fingerprint density at radius 3 is 2.90 bits per heavy atom. The molecule has 3 aromatic rings. The molecule has 31 heavy (non-hydrogen) atoms. The number of nitrogens with one attached hydrogen (secondary N) is 1. The Balaban J connectivity index is 1.28. The fraction of sp³-hybridized carbons (Fsp3) is 0.364. The van der Waals surface area contributed by atoms with Gasteiger partial charge in [-0.25, -0.2) is 19.4 Å². The Kier molecular flexibility index (Phi) is 5.13. The molecular weight excluding hydrogens is 396 g/mol. The third kappa shape index (κ3) is 3.77. The van der Waals surface area contributed by atoms with E-state index >= 15 is 0 Å². The first-order valence-corrected chi connectivity index (χ1v) is 10.3. The molecule has 5 rings (SSSR count). The molecule has 0 aliphatic carbocycles. The van der Waals surface area contributed by atoms with Crippen LogP contribution >= 0.6 is 0 Å². The molecule has 1 N–H and O–H groups in total. The summed E-state index contributed by atoms with van der Waals surface area (Å²) >= 11 is 0. The van der Waals surface area contributed by atoms with E-state index in [-0.39, 0.29) is 12.0 Å². The van der Waals surface area contributed by atoms with E-state index in [2.05, 4.69) is 38.3 Å². The lowest BCUT2D eigenvalue weighted by Gasteiger charge is -2.34. The van der Waals surface area contributed by atoms with Crippen LogP contribution in [-0.4, -0.2) is 57.4 Å². The van der Waals surface area contributed by atoms with Gasteiger partial charge in [0.1, 0.15) is 12.3 Å². The molecule has 0 radical (unpaired) electrons. The lowest BCUT2D eigenvalue weighted by Crippen LogP contribution is -2.45. The normalized spacial score (nSPS) is 18.6. The van der Waals surface area contributed by atoms with Crippen molar-refractivity contribution < 1.29 is 14.3 Å². The van der Waals surface area contributed by atoms with Crippen molar-refractivity contribution in [2.45, 2.75) is 26.1 Å². The van der Waals surface area contributed by atoms with Gasteiger partial charge in [-0.3, -0.25) is 4.90 Å². The van der Waals surface area contributed by atoms with Crippen LogP contribution in [0.4, 0.5) is 0 Å². The molecule has 1 atom stereocenters. The van der Waals surface area contributed by atoms with Gasteiger partial charge in [-0.05, 0) is 24.1 Å². The smallest absolute Gasteiger partial charge is 0.338 e. The number of methoxy groups -OCH3 is 1. The average molecular weight is 420 g/mol. The van der Waals surface area contributed by atoms with Crippen LogP contribution in [0.15, 0.2) is 36.9 Å². The van der Waals surface area contributed by atoms with Crippen LogP contribution in [-0.2, 0) is 17.9 Å². The number of rotatable bonds is 5. The number of cyclic esters (lactones) is 1. The first-order chi connectivity index (χ1) is 15.1. The summed E-state index contributed by atoms with van der Waals surface area (Å²) in [7, 11) is 1.54. The van der Waals surface area contributed by atoms with Crippen molar-refractivity contribution in [3.05, 3.63) is 64.7 Å². The van der Waals surface area contributed by atoms with Crippen molar-refractivity contribution in [1.82, 2.24) is 30.0 Å². The predicted molar refractivity (Wildman–Crippen MR) is 112 cm³/mol. The van der Waals surface area contributed by atoms with E-state index < -0.39 is 0 Å². The lowest BCUT2D eigenvalue weighted by molar-refractivity contribution is 0.0535. The molecule has 0 bridgehead atoms. The van der Waals surface area contributed by atoms with Gasteiger partial charge in [-0.2, -0.15) is 5.10 Å². The second kappa shape index (κ2) is 8.09. The molecule has 2 aromatic heterocycles. The summed E-state index contributed by atoms with van der Waals surface area (Å²) in [4.78, 5) is 22.5. The first kappa shape index (κ1) is 19.7. The van der Waals surface area contributed by atoms with Crippen molar-refractivity contribution >= 4 is 5.97 Å². The molecule has 0 amide bonds. The SMILES string of the molecule is COc1ncc(-n2cc(CN3CCN[C@H](c4ccc5c(c4C)COC5=O)C3)cn2)cn1. The number of aromatic nitrogens is 4. The van der Waals surface area contributed by atoms with Gasteiger partial charge in [-0.15, -0.1) is 0 Å². The van der Waals surface area contributed by atoms with Crippen molar-refractivity contribution in [3.8, 4) is 11.7 Å². The third-order valence-electron chi connectivity index (χ3n) is 5.95. The zero-order valence-electron chi connectivity index (χ0n) is 17.5. The lowest BCUT2D eigenvalue weighted by atomic mass is 9.93. The van der Waals surface area contributed by atoms with Gasteiger partial charge in [0.2, 0.25) is 0 Å². The van der Waals surface area contributed by atoms with Crippen molar-refractivity contribution in [2.75, 3.05) is 26.7 Å². The van der Waals surface area contributed by atoms with Gasteiger partial charge < -0.3 is 14.8 Å². The number of benzene rings is 1. The molecule has 0 spiro atoms. The fourth-order valence-corrected chi connectivity index (χ4v) is 4.28. The van der Waals surface area contributed by atoms with Crippen LogP contribution in [0.1, 0.15) is 38.7 Å². The van der Waals surface area contributed by atoms with Gasteiger partial charge in [0.15, 0.2) is 0 Å². The molecular formula is C22H24N6O3. The highest BCUT2D eigenvalue weighted by Gasteiger charge is 2.28. The molecule has 4 heterocycles. The molecule has 160 valence electrons. The quantitative estimate of drug-likeness (QED) is 0.625. The van der Waals surface area contributed by atoms with Crippen molar-refractivity contribution in [1.29, 1.82) is 0 Å². The summed E-state index contributed by atoms with van der Waals surface area (Å²) in [6.07, 6.45) is 7.26. The number of carbonyl (C=O) groups excluding carboxylic acids is 1. The highest BCUT2D eigenvalue weighted by molar-refractivity contribution is 5.94. The molecule has 1 fully saturated rings. The Morgan fingerprint density at radius 2 is 2.10 bits per heavy atom. The van der Waals surface area contributed by atoms with E-state index in [0.717, 1.165) is 48.6 Å². The molecule has 2 aliphatic heterocycles. The number of hydrogen-bond acceptors (Lipinski definition) is 8. The number of esters is 1. The average Bonchev–Trinajstić information content (AvgIpc) is 3.42. The summed E-state index contributed by atoms with van der Waals surface area (Å²) in [5.74, 6) is -0.220. The van der Waals surface area contributed by atoms with E-state index in [1.54, 1.807) is 24.2 Å². The summed E-state index contributed by atoms with van der Waals surface area (Å²) in [6, 6.07) is 4.50. The minimum absolute atomic E-state index is 0.208. The number of fused-ring (bicyclic) bond motifs is 1. The Morgan fingerprint density at radius 1 is 1.26 bits per heavy atom. The van der Waals surface area contributed by atoms with Crippen LogP contribution in [0.2, 0.25) is 0 Å². The summed E-state index contributed by atoms with van der Waals surface area (Å²) in [5.41, 5.74) is 6.01. The second-order valence-electron chi connectivity index (χ2n) is 7.84. The molecule has 9 heteroatoms.